The van der Waals surface area contributed by atoms with Crippen molar-refractivity contribution in [1.82, 2.24) is 14.3 Å². The molecule has 0 radical (unpaired) electrons. The fourth-order valence-electron chi connectivity index (χ4n) is 4.17. The van der Waals surface area contributed by atoms with Gasteiger partial charge in [-0.15, -0.1) is 0 Å². The second kappa shape index (κ2) is 9.61. The van der Waals surface area contributed by atoms with Crippen molar-refractivity contribution in [2.24, 2.45) is 0 Å². The van der Waals surface area contributed by atoms with E-state index in [1.54, 1.807) is 13.1 Å². The van der Waals surface area contributed by atoms with Crippen molar-refractivity contribution < 1.29 is 17.9 Å². The molecule has 1 amide bonds. The molecule has 35 heavy (non-hydrogen) atoms. The molecule has 0 unspecified atom stereocenters. The minimum absolute atomic E-state index is 0.0739. The number of carbonyl (C=O) groups is 1. The number of rotatable bonds is 7. The maximum Gasteiger partial charge on any atom is 0.255 e. The van der Waals surface area contributed by atoms with Crippen molar-refractivity contribution >= 4 is 32.7 Å². The third-order valence-electron chi connectivity index (χ3n) is 6.09. The van der Waals surface area contributed by atoms with Gasteiger partial charge >= 0.3 is 0 Å². The number of benzene rings is 3. The Kier molecular flexibility index (Phi) is 6.38. The van der Waals surface area contributed by atoms with Crippen LogP contribution in [0.2, 0.25) is 0 Å². The van der Waals surface area contributed by atoms with Crippen molar-refractivity contribution in [3.63, 3.8) is 0 Å². The van der Waals surface area contributed by atoms with Crippen LogP contribution in [0, 0.1) is 0 Å². The van der Waals surface area contributed by atoms with E-state index < -0.39 is 10.0 Å². The Morgan fingerprint density at radius 3 is 2.66 bits per heavy atom. The summed E-state index contributed by atoms with van der Waals surface area (Å²) in [6.45, 7) is 0.982. The van der Waals surface area contributed by atoms with Crippen molar-refractivity contribution in [1.29, 1.82) is 0 Å². The van der Waals surface area contributed by atoms with Crippen LogP contribution in [0.25, 0.3) is 22.4 Å². The summed E-state index contributed by atoms with van der Waals surface area (Å²) in [5.74, 6) is 0.382. The first-order valence-corrected chi connectivity index (χ1v) is 12.9. The predicted molar refractivity (Wildman–Crippen MR) is 135 cm³/mol. The molecule has 4 aromatic rings. The van der Waals surface area contributed by atoms with Gasteiger partial charge in [0.25, 0.3) is 5.91 Å². The number of nitrogens with zero attached hydrogens (tertiary/aromatic N) is 2. The fourth-order valence-corrected chi connectivity index (χ4v) is 5.37. The quantitative estimate of drug-likeness (QED) is 0.402. The molecule has 5 rings (SSSR count). The highest BCUT2D eigenvalue weighted by Gasteiger charge is 2.26. The number of amides is 1. The summed E-state index contributed by atoms with van der Waals surface area (Å²) in [6, 6.07) is 21.1. The smallest absolute Gasteiger partial charge is 0.255 e. The predicted octanol–water partition coefficient (Wildman–Crippen LogP) is 4.28. The topological polar surface area (TPSA) is 104 Å². The molecule has 0 aliphatic carbocycles. The van der Waals surface area contributed by atoms with Gasteiger partial charge in [-0.25, -0.2) is 13.4 Å². The number of imidazole rings is 1. The summed E-state index contributed by atoms with van der Waals surface area (Å²) in [6.07, 6.45) is 1.73. The van der Waals surface area contributed by atoms with Gasteiger partial charge in [0.05, 0.1) is 22.0 Å². The summed E-state index contributed by atoms with van der Waals surface area (Å²) in [7, 11) is -2.12. The highest BCUT2D eigenvalue weighted by molar-refractivity contribution is 7.89. The number of fused-ring (bicyclic) bond motifs is 1. The second-order valence-electron chi connectivity index (χ2n) is 8.58. The lowest BCUT2D eigenvalue weighted by atomic mass is 10.1. The van der Waals surface area contributed by atoms with Gasteiger partial charge in [-0.1, -0.05) is 24.3 Å². The van der Waals surface area contributed by atoms with Crippen molar-refractivity contribution in [3.8, 4) is 11.4 Å². The summed E-state index contributed by atoms with van der Waals surface area (Å²) < 4.78 is 32.6. The lowest BCUT2D eigenvalue weighted by molar-refractivity contribution is 0.0979. The summed E-state index contributed by atoms with van der Waals surface area (Å²) in [4.78, 5) is 20.8. The molecule has 2 heterocycles. The van der Waals surface area contributed by atoms with E-state index in [1.807, 2.05) is 42.5 Å². The average molecular weight is 491 g/mol. The maximum atomic E-state index is 12.9. The number of para-hydroxylation sites is 2. The van der Waals surface area contributed by atoms with Gasteiger partial charge in [0.15, 0.2) is 0 Å². The lowest BCUT2D eigenvalue weighted by Gasteiger charge is -2.20. The minimum Gasteiger partial charge on any atom is -0.377 e. The van der Waals surface area contributed by atoms with Gasteiger partial charge in [0, 0.05) is 37.0 Å². The number of carbonyl (C=O) groups excluding carboxylic acids is 1. The third-order valence-corrected chi connectivity index (χ3v) is 7.93. The molecular weight excluding hydrogens is 464 g/mol. The Bertz CT molecular complexity index is 1430. The van der Waals surface area contributed by atoms with Crippen LogP contribution in [0.1, 0.15) is 23.2 Å². The summed E-state index contributed by atoms with van der Waals surface area (Å²) in [5, 5.41) is 2.87. The normalized spacial score (nSPS) is 16.1. The van der Waals surface area contributed by atoms with Crippen LogP contribution < -0.4 is 5.32 Å². The van der Waals surface area contributed by atoms with Crippen LogP contribution in [0.5, 0.6) is 0 Å². The van der Waals surface area contributed by atoms with E-state index in [0.29, 0.717) is 30.2 Å². The van der Waals surface area contributed by atoms with Gasteiger partial charge in [-0.3, -0.25) is 4.79 Å². The first-order chi connectivity index (χ1) is 16.9. The molecule has 1 saturated heterocycles. The number of hydrogen-bond acceptors (Lipinski definition) is 5. The van der Waals surface area contributed by atoms with Crippen LogP contribution >= 0.6 is 0 Å². The zero-order valence-electron chi connectivity index (χ0n) is 19.3. The van der Waals surface area contributed by atoms with Gasteiger partial charge in [0.2, 0.25) is 10.0 Å². The fraction of sp³-hybridized carbons (Fsp3) is 0.231. The first-order valence-electron chi connectivity index (χ1n) is 11.4. The molecule has 180 valence electrons. The monoisotopic (exact) mass is 490 g/mol. The Hall–Kier alpha value is -3.53. The van der Waals surface area contributed by atoms with Crippen LogP contribution in [0.4, 0.5) is 5.69 Å². The number of aromatic nitrogens is 2. The number of hydrogen-bond donors (Lipinski definition) is 2. The summed E-state index contributed by atoms with van der Waals surface area (Å²) in [5.41, 5.74) is 3.62. The Morgan fingerprint density at radius 1 is 1.11 bits per heavy atom. The van der Waals surface area contributed by atoms with E-state index in [4.69, 9.17) is 4.74 Å². The number of anilines is 1. The number of aromatic amines is 1. The number of nitrogens with one attached hydrogen (secondary N) is 2. The van der Waals surface area contributed by atoms with E-state index >= 15 is 0 Å². The molecule has 3 aromatic carbocycles. The van der Waals surface area contributed by atoms with E-state index in [1.165, 1.54) is 28.6 Å². The van der Waals surface area contributed by atoms with E-state index in [-0.39, 0.29) is 16.9 Å². The average Bonchev–Trinajstić information content (AvgIpc) is 3.54. The Morgan fingerprint density at radius 2 is 1.91 bits per heavy atom. The lowest BCUT2D eigenvalue weighted by Crippen LogP contribution is -2.34. The van der Waals surface area contributed by atoms with E-state index in [9.17, 15) is 13.2 Å². The number of sulfonamides is 1. The van der Waals surface area contributed by atoms with Crippen molar-refractivity contribution in [3.05, 3.63) is 78.4 Å². The standard InChI is InChI=1S/C26H26N4O4S/c1-30(17-21-8-5-15-34-21)35(32,33)22-13-11-18(12-14-22)26(31)27-20-7-4-6-19(16-20)25-28-23-9-2-3-10-24(23)29-25/h2-4,6-7,9-14,16,21H,5,8,15,17H2,1H3,(H,27,31)(H,28,29)/t21-/m1/s1. The van der Waals surface area contributed by atoms with Crippen LogP contribution in [0.3, 0.4) is 0 Å². The van der Waals surface area contributed by atoms with E-state index in [2.05, 4.69) is 15.3 Å². The van der Waals surface area contributed by atoms with E-state index in [0.717, 1.165) is 29.4 Å². The molecule has 0 saturated carbocycles. The highest BCUT2D eigenvalue weighted by Crippen LogP contribution is 2.24. The Labute approximate surface area is 204 Å². The van der Waals surface area contributed by atoms with Gasteiger partial charge in [-0.2, -0.15) is 4.31 Å². The molecule has 1 aliphatic rings. The zero-order valence-corrected chi connectivity index (χ0v) is 20.1. The second-order valence-corrected chi connectivity index (χ2v) is 10.6. The summed E-state index contributed by atoms with van der Waals surface area (Å²) >= 11 is 0. The molecule has 2 N–H and O–H groups in total. The third kappa shape index (κ3) is 4.97. The van der Waals surface area contributed by atoms with Gasteiger partial charge in [-0.05, 0) is 61.4 Å². The number of likely N-dealkylation sites (N-methyl/N-ethyl adjacent to an activating group) is 1. The highest BCUT2D eigenvalue weighted by atomic mass is 32.2. The van der Waals surface area contributed by atoms with Crippen LogP contribution in [-0.2, 0) is 14.8 Å². The molecule has 1 atom stereocenters. The molecular formula is C26H26N4O4S. The number of ether oxygens (including phenoxy) is 1. The molecule has 0 spiro atoms. The number of H-pyrrole nitrogens is 1. The zero-order chi connectivity index (χ0) is 24.4. The maximum absolute atomic E-state index is 12.9. The van der Waals surface area contributed by atoms with Gasteiger partial charge < -0.3 is 15.0 Å². The Balaban J connectivity index is 1.28. The first kappa shape index (κ1) is 23.2. The molecule has 1 aromatic heterocycles. The van der Waals surface area contributed by atoms with Crippen molar-refractivity contribution in [2.75, 3.05) is 25.5 Å². The molecule has 1 fully saturated rings. The minimum atomic E-state index is -3.66. The van der Waals surface area contributed by atoms with Gasteiger partial charge in [0.1, 0.15) is 5.82 Å². The van der Waals surface area contributed by atoms with Crippen molar-refractivity contribution in [2.45, 2.75) is 23.8 Å². The van der Waals surface area contributed by atoms with Crippen LogP contribution in [0.15, 0.2) is 77.7 Å². The largest absolute Gasteiger partial charge is 0.377 e. The molecule has 9 heteroatoms. The molecule has 1 aliphatic heterocycles. The SMILES string of the molecule is CN(C[C@H]1CCCO1)S(=O)(=O)c1ccc(C(=O)Nc2cccc(-c3nc4ccccc4[nH]3)c2)cc1. The molecule has 8 nitrogen and oxygen atoms in total. The molecule has 0 bridgehead atoms. The van der Waals surface area contributed by atoms with Crippen LogP contribution in [-0.4, -0.2) is 54.9 Å².